The smallest absolute Gasteiger partial charge is 0.321 e. The first-order chi connectivity index (χ1) is 10.2. The summed E-state index contributed by atoms with van der Waals surface area (Å²) in [7, 11) is 0. The number of nitrogens with one attached hydrogen (secondary N) is 1. The Bertz CT molecular complexity index is 446. The molecule has 0 saturated heterocycles. The number of benzene rings is 1. The van der Waals surface area contributed by atoms with Crippen molar-refractivity contribution in [2.24, 2.45) is 0 Å². The molecule has 0 bridgehead atoms. The van der Waals surface area contributed by atoms with Gasteiger partial charge in [0, 0.05) is 18.8 Å². The Hall–Kier alpha value is -1.55. The summed E-state index contributed by atoms with van der Waals surface area (Å²) in [5.74, 6) is 0. The third-order valence-electron chi connectivity index (χ3n) is 3.64. The van der Waals surface area contributed by atoms with Gasteiger partial charge in [-0.2, -0.15) is 0 Å². The van der Waals surface area contributed by atoms with Crippen molar-refractivity contribution in [3.63, 3.8) is 0 Å². The maximum absolute atomic E-state index is 12.4. The Labute approximate surface area is 128 Å². The number of hydrogen-bond donors (Lipinski definition) is 2. The van der Waals surface area contributed by atoms with E-state index in [4.69, 9.17) is 5.11 Å². The fraction of sp³-hybridized carbons (Fsp3) is 0.588. The molecule has 0 saturated carbocycles. The zero-order chi connectivity index (χ0) is 15.7. The van der Waals surface area contributed by atoms with E-state index in [1.165, 1.54) is 5.56 Å². The summed E-state index contributed by atoms with van der Waals surface area (Å²) in [6, 6.07) is 6.11. The summed E-state index contributed by atoms with van der Waals surface area (Å²) < 4.78 is 0. The minimum atomic E-state index is -0.125. The summed E-state index contributed by atoms with van der Waals surface area (Å²) in [5.41, 5.74) is 3.24. The van der Waals surface area contributed by atoms with Crippen LogP contribution in [-0.4, -0.2) is 35.7 Å². The van der Waals surface area contributed by atoms with Crippen LogP contribution >= 0.6 is 0 Å². The first kappa shape index (κ1) is 17.5. The van der Waals surface area contributed by atoms with Gasteiger partial charge in [-0.25, -0.2) is 4.79 Å². The molecule has 118 valence electrons. The molecule has 0 aromatic heterocycles. The molecule has 4 nitrogen and oxygen atoms in total. The lowest BCUT2D eigenvalue weighted by atomic mass is 10.1. The summed E-state index contributed by atoms with van der Waals surface area (Å²) in [4.78, 5) is 14.1. The van der Waals surface area contributed by atoms with Gasteiger partial charge in [-0.3, -0.25) is 0 Å². The van der Waals surface area contributed by atoms with Gasteiger partial charge in [0.1, 0.15) is 0 Å². The molecule has 0 heterocycles. The van der Waals surface area contributed by atoms with Crippen LogP contribution in [0.4, 0.5) is 10.5 Å². The van der Waals surface area contributed by atoms with E-state index in [9.17, 15) is 4.79 Å². The van der Waals surface area contributed by atoms with Crippen LogP contribution in [0, 0.1) is 0 Å². The van der Waals surface area contributed by atoms with Crippen LogP contribution < -0.4 is 5.32 Å². The highest BCUT2D eigenvalue weighted by atomic mass is 16.3. The van der Waals surface area contributed by atoms with Crippen molar-refractivity contribution in [3.8, 4) is 0 Å². The molecule has 21 heavy (non-hydrogen) atoms. The number of hydrogen-bond acceptors (Lipinski definition) is 2. The number of carbonyl (C=O) groups is 1. The number of unbranched alkanes of at least 4 members (excludes halogenated alkanes) is 1. The number of anilines is 1. The predicted molar refractivity (Wildman–Crippen MR) is 87.8 cm³/mol. The van der Waals surface area contributed by atoms with Gasteiger partial charge < -0.3 is 15.3 Å². The van der Waals surface area contributed by atoms with Crippen LogP contribution in [0.15, 0.2) is 18.2 Å². The van der Waals surface area contributed by atoms with E-state index in [1.807, 2.05) is 6.07 Å². The van der Waals surface area contributed by atoms with Crippen molar-refractivity contribution >= 4 is 11.7 Å². The second-order valence-corrected chi connectivity index (χ2v) is 5.19. The average molecular weight is 292 g/mol. The van der Waals surface area contributed by atoms with E-state index >= 15 is 0 Å². The lowest BCUT2D eigenvalue weighted by molar-refractivity contribution is 0.187. The van der Waals surface area contributed by atoms with Crippen molar-refractivity contribution in [2.75, 3.05) is 25.0 Å². The van der Waals surface area contributed by atoms with Gasteiger partial charge in [0.2, 0.25) is 0 Å². The van der Waals surface area contributed by atoms with Crippen molar-refractivity contribution < 1.29 is 9.90 Å². The minimum Gasteiger partial charge on any atom is -0.395 e. The normalized spacial score (nSPS) is 10.5. The lowest BCUT2D eigenvalue weighted by Gasteiger charge is -2.23. The number of urea groups is 1. The SMILES string of the molecule is CCCCN(CCO)C(=O)Nc1cc(CC)ccc1CC. The maximum Gasteiger partial charge on any atom is 0.321 e. The number of carbonyl (C=O) groups excluding carboxylic acids is 1. The predicted octanol–water partition coefficient (Wildman–Crippen LogP) is 3.44. The fourth-order valence-electron chi connectivity index (χ4n) is 2.25. The largest absolute Gasteiger partial charge is 0.395 e. The number of aliphatic hydroxyl groups excluding tert-OH is 1. The molecule has 1 aromatic carbocycles. The van der Waals surface area contributed by atoms with E-state index in [2.05, 4.69) is 38.2 Å². The molecule has 4 heteroatoms. The summed E-state index contributed by atoms with van der Waals surface area (Å²) in [6.45, 7) is 7.32. The van der Waals surface area contributed by atoms with E-state index in [-0.39, 0.29) is 12.6 Å². The number of nitrogens with zero attached hydrogens (tertiary/aromatic N) is 1. The molecule has 2 amide bonds. The zero-order valence-corrected chi connectivity index (χ0v) is 13.5. The van der Waals surface area contributed by atoms with Crippen LogP contribution in [0.5, 0.6) is 0 Å². The number of aliphatic hydroxyl groups is 1. The Balaban J connectivity index is 2.83. The summed E-state index contributed by atoms with van der Waals surface area (Å²) in [5, 5.41) is 12.1. The van der Waals surface area contributed by atoms with Crippen molar-refractivity contribution in [1.29, 1.82) is 0 Å². The summed E-state index contributed by atoms with van der Waals surface area (Å²) >= 11 is 0. The van der Waals surface area contributed by atoms with E-state index in [1.54, 1.807) is 4.90 Å². The molecule has 0 aliphatic rings. The molecule has 0 unspecified atom stereocenters. The number of aryl methyl sites for hydroxylation is 2. The molecule has 0 aliphatic heterocycles. The number of rotatable bonds is 8. The van der Waals surface area contributed by atoms with Crippen LogP contribution in [-0.2, 0) is 12.8 Å². The fourth-order valence-corrected chi connectivity index (χ4v) is 2.25. The van der Waals surface area contributed by atoms with E-state index in [0.717, 1.165) is 36.9 Å². The minimum absolute atomic E-state index is 0.00717. The first-order valence-electron chi connectivity index (χ1n) is 7.94. The van der Waals surface area contributed by atoms with Gasteiger partial charge in [0.05, 0.1) is 6.61 Å². The molecule has 0 spiro atoms. The maximum atomic E-state index is 12.4. The standard InChI is InChI=1S/C17H28N2O2/c1-4-7-10-19(11-12-20)17(21)18-16-13-14(5-2)8-9-15(16)6-3/h8-9,13,20H,4-7,10-12H2,1-3H3,(H,18,21). The zero-order valence-electron chi connectivity index (χ0n) is 13.5. The van der Waals surface area contributed by atoms with Crippen LogP contribution in [0.25, 0.3) is 0 Å². The Morgan fingerprint density at radius 2 is 1.95 bits per heavy atom. The van der Waals surface area contributed by atoms with Gasteiger partial charge in [-0.15, -0.1) is 0 Å². The molecule has 2 N–H and O–H groups in total. The van der Waals surface area contributed by atoms with Crippen molar-refractivity contribution in [1.82, 2.24) is 4.90 Å². The molecule has 0 radical (unpaired) electrons. The second-order valence-electron chi connectivity index (χ2n) is 5.19. The van der Waals surface area contributed by atoms with Gasteiger partial charge in [-0.1, -0.05) is 39.3 Å². The monoisotopic (exact) mass is 292 g/mol. The van der Waals surface area contributed by atoms with Gasteiger partial charge in [0.15, 0.2) is 0 Å². The van der Waals surface area contributed by atoms with Gasteiger partial charge in [-0.05, 0) is 36.5 Å². The Morgan fingerprint density at radius 3 is 2.52 bits per heavy atom. The Morgan fingerprint density at radius 1 is 1.19 bits per heavy atom. The molecule has 0 atom stereocenters. The molecule has 1 aromatic rings. The third kappa shape index (κ3) is 5.38. The average Bonchev–Trinajstić information content (AvgIpc) is 2.51. The number of amides is 2. The van der Waals surface area contributed by atoms with Gasteiger partial charge >= 0.3 is 6.03 Å². The topological polar surface area (TPSA) is 52.6 Å². The molecular weight excluding hydrogens is 264 g/mol. The highest BCUT2D eigenvalue weighted by molar-refractivity contribution is 5.90. The molecule has 0 aliphatic carbocycles. The Kier molecular flexibility index (Phi) is 7.83. The van der Waals surface area contributed by atoms with Crippen molar-refractivity contribution in [2.45, 2.75) is 46.5 Å². The van der Waals surface area contributed by atoms with Gasteiger partial charge in [0.25, 0.3) is 0 Å². The van der Waals surface area contributed by atoms with E-state index in [0.29, 0.717) is 13.1 Å². The quantitative estimate of drug-likeness (QED) is 0.771. The van der Waals surface area contributed by atoms with Crippen LogP contribution in [0.1, 0.15) is 44.7 Å². The lowest BCUT2D eigenvalue weighted by Crippen LogP contribution is -2.38. The van der Waals surface area contributed by atoms with Crippen LogP contribution in [0.3, 0.4) is 0 Å². The second kappa shape index (κ2) is 9.40. The third-order valence-corrected chi connectivity index (χ3v) is 3.64. The van der Waals surface area contributed by atoms with Crippen LogP contribution in [0.2, 0.25) is 0 Å². The first-order valence-corrected chi connectivity index (χ1v) is 7.94. The molecule has 0 fully saturated rings. The molecule has 1 rings (SSSR count). The highest BCUT2D eigenvalue weighted by Crippen LogP contribution is 2.19. The van der Waals surface area contributed by atoms with Crippen molar-refractivity contribution in [3.05, 3.63) is 29.3 Å². The molecular formula is C17H28N2O2. The summed E-state index contributed by atoms with van der Waals surface area (Å²) in [6.07, 6.45) is 3.81. The highest BCUT2D eigenvalue weighted by Gasteiger charge is 2.14. The van der Waals surface area contributed by atoms with E-state index < -0.39 is 0 Å².